The maximum absolute atomic E-state index is 12.3. The fourth-order valence-corrected chi connectivity index (χ4v) is 1.61. The number of halogens is 3. The van der Waals surface area contributed by atoms with Crippen LogP contribution in [0.3, 0.4) is 0 Å². The number of nitrogens with zero attached hydrogens (tertiary/aromatic N) is 3. The normalized spacial score (nSPS) is 10.9. The van der Waals surface area contributed by atoms with E-state index in [1.807, 2.05) is 0 Å². The van der Waals surface area contributed by atoms with Crippen molar-refractivity contribution in [1.82, 2.24) is 14.8 Å². The molecule has 0 atom stereocenters. The van der Waals surface area contributed by atoms with Gasteiger partial charge in [-0.25, -0.2) is 4.68 Å². The van der Waals surface area contributed by atoms with Gasteiger partial charge in [-0.1, -0.05) is 0 Å². The first-order valence-electron chi connectivity index (χ1n) is 5.03. The van der Waals surface area contributed by atoms with Crippen molar-refractivity contribution < 1.29 is 13.6 Å². The zero-order valence-corrected chi connectivity index (χ0v) is 10.6. The summed E-state index contributed by atoms with van der Waals surface area (Å²) < 4.78 is 25.8. The smallest absolute Gasteiger partial charge is 0.292 e. The molecule has 0 bridgehead atoms. The summed E-state index contributed by atoms with van der Waals surface area (Å²) in [7, 11) is 0. The number of carbonyl (C=O) groups is 1. The van der Waals surface area contributed by atoms with Crippen LogP contribution in [0.5, 0.6) is 0 Å². The molecule has 18 heavy (non-hydrogen) atoms. The Labute approximate surface area is 110 Å². The van der Waals surface area contributed by atoms with E-state index in [4.69, 9.17) is 0 Å². The molecule has 7 heteroatoms. The molecule has 0 amide bonds. The van der Waals surface area contributed by atoms with Crippen molar-refractivity contribution >= 4 is 21.7 Å². The van der Waals surface area contributed by atoms with E-state index in [9.17, 15) is 13.6 Å². The Balaban J connectivity index is 2.08. The molecule has 0 spiro atoms. The lowest BCUT2D eigenvalue weighted by atomic mass is 10.1. The molecule has 0 aliphatic carbocycles. The lowest BCUT2D eigenvalue weighted by molar-refractivity contribution is 0.0560. The van der Waals surface area contributed by atoms with Gasteiger partial charge in [-0.15, -0.1) is 0 Å². The molecule has 0 fully saturated rings. The summed E-state index contributed by atoms with van der Waals surface area (Å²) in [6.45, 7) is -2.69. The molecule has 0 saturated heterocycles. The molecular weight excluding hydrogens is 308 g/mol. The van der Waals surface area contributed by atoms with Crippen molar-refractivity contribution in [3.05, 3.63) is 46.5 Å². The van der Waals surface area contributed by atoms with Crippen LogP contribution in [0, 0.1) is 0 Å². The van der Waals surface area contributed by atoms with Crippen LogP contribution in [0.25, 0.3) is 0 Å². The average molecular weight is 316 g/mol. The Morgan fingerprint density at radius 1 is 1.39 bits per heavy atom. The topological polar surface area (TPSA) is 47.8 Å². The van der Waals surface area contributed by atoms with Crippen LogP contribution >= 0.6 is 15.9 Å². The van der Waals surface area contributed by atoms with E-state index in [-0.39, 0.29) is 17.9 Å². The van der Waals surface area contributed by atoms with Crippen molar-refractivity contribution in [3.8, 4) is 0 Å². The SMILES string of the molecule is O=C(Cc1ccn(C(F)F)n1)c1ccc(Br)cn1. The number of carbonyl (C=O) groups excluding carboxylic acids is 1. The largest absolute Gasteiger partial charge is 0.333 e. The van der Waals surface area contributed by atoms with Gasteiger partial charge < -0.3 is 0 Å². The van der Waals surface area contributed by atoms with Crippen molar-refractivity contribution in [2.45, 2.75) is 13.0 Å². The predicted octanol–water partition coefficient (Wildman–Crippen LogP) is 2.86. The van der Waals surface area contributed by atoms with E-state index in [0.717, 1.165) is 10.7 Å². The Morgan fingerprint density at radius 3 is 2.72 bits per heavy atom. The van der Waals surface area contributed by atoms with Crippen molar-refractivity contribution in [1.29, 1.82) is 0 Å². The average Bonchev–Trinajstić information content (AvgIpc) is 2.78. The van der Waals surface area contributed by atoms with Gasteiger partial charge in [-0.2, -0.15) is 13.9 Å². The summed E-state index contributed by atoms with van der Waals surface area (Å²) >= 11 is 3.21. The first-order valence-corrected chi connectivity index (χ1v) is 5.82. The van der Waals surface area contributed by atoms with Crippen LogP contribution in [0.2, 0.25) is 0 Å². The predicted molar refractivity (Wildman–Crippen MR) is 63.5 cm³/mol. The van der Waals surface area contributed by atoms with Crippen molar-refractivity contribution in [2.24, 2.45) is 0 Å². The number of alkyl halides is 2. The van der Waals surface area contributed by atoms with Crippen LogP contribution in [-0.2, 0) is 6.42 Å². The second kappa shape index (κ2) is 5.34. The first kappa shape index (κ1) is 12.8. The lowest BCUT2D eigenvalue weighted by Crippen LogP contribution is -2.07. The standard InChI is InChI=1S/C11H8BrF2N3O/c12-7-1-2-9(15-6-7)10(18)5-8-3-4-17(16-8)11(13)14/h1-4,6,11H,5H2. The van der Waals surface area contributed by atoms with Gasteiger partial charge in [0.15, 0.2) is 5.78 Å². The maximum atomic E-state index is 12.3. The van der Waals surface area contributed by atoms with Crippen LogP contribution in [0.15, 0.2) is 35.1 Å². The number of hydrogen-bond donors (Lipinski definition) is 0. The van der Waals surface area contributed by atoms with Crippen LogP contribution in [0.1, 0.15) is 22.7 Å². The van der Waals surface area contributed by atoms with E-state index in [1.165, 1.54) is 12.3 Å². The van der Waals surface area contributed by atoms with E-state index < -0.39 is 6.55 Å². The Morgan fingerprint density at radius 2 is 2.17 bits per heavy atom. The number of ketones is 1. The third-order valence-electron chi connectivity index (χ3n) is 2.22. The summed E-state index contributed by atoms with van der Waals surface area (Å²) in [4.78, 5) is 15.7. The van der Waals surface area contributed by atoms with E-state index in [1.54, 1.807) is 12.1 Å². The highest BCUT2D eigenvalue weighted by molar-refractivity contribution is 9.10. The molecule has 4 nitrogen and oxygen atoms in total. The minimum atomic E-state index is -2.69. The van der Waals surface area contributed by atoms with Gasteiger partial charge in [0.05, 0.1) is 12.1 Å². The monoisotopic (exact) mass is 315 g/mol. The lowest BCUT2D eigenvalue weighted by Gasteiger charge is -1.99. The molecule has 0 N–H and O–H groups in total. The molecular formula is C11H8BrF2N3O. The zero-order chi connectivity index (χ0) is 13.1. The van der Waals surface area contributed by atoms with Gasteiger partial charge in [0.25, 0.3) is 0 Å². The highest BCUT2D eigenvalue weighted by Crippen LogP contribution is 2.12. The molecule has 2 rings (SSSR count). The maximum Gasteiger partial charge on any atom is 0.333 e. The second-order valence-electron chi connectivity index (χ2n) is 3.53. The molecule has 2 aromatic heterocycles. The van der Waals surface area contributed by atoms with Crippen LogP contribution in [-0.4, -0.2) is 20.5 Å². The van der Waals surface area contributed by atoms with Gasteiger partial charge >= 0.3 is 6.55 Å². The zero-order valence-electron chi connectivity index (χ0n) is 9.05. The molecule has 0 radical (unpaired) electrons. The molecule has 0 unspecified atom stereocenters. The Kier molecular flexibility index (Phi) is 3.81. The number of Topliss-reactive ketones (excluding diaryl/α,β-unsaturated/α-hetero) is 1. The third-order valence-corrected chi connectivity index (χ3v) is 2.69. The molecule has 0 aliphatic rings. The molecule has 2 aromatic rings. The van der Waals surface area contributed by atoms with Gasteiger partial charge in [0.2, 0.25) is 0 Å². The van der Waals surface area contributed by atoms with Gasteiger partial charge in [0.1, 0.15) is 5.69 Å². The molecule has 0 saturated carbocycles. The Bertz CT molecular complexity index is 554. The van der Waals surface area contributed by atoms with Gasteiger partial charge in [-0.3, -0.25) is 9.78 Å². The summed E-state index contributed by atoms with van der Waals surface area (Å²) in [6, 6.07) is 4.65. The Hall–Kier alpha value is -1.63. The fraction of sp³-hybridized carbons (Fsp3) is 0.182. The molecule has 94 valence electrons. The second-order valence-corrected chi connectivity index (χ2v) is 4.44. The number of aromatic nitrogens is 3. The number of hydrogen-bond acceptors (Lipinski definition) is 3. The summed E-state index contributed by atoms with van der Waals surface area (Å²) in [5, 5.41) is 3.60. The van der Waals surface area contributed by atoms with Gasteiger partial charge in [-0.05, 0) is 34.1 Å². The highest BCUT2D eigenvalue weighted by atomic mass is 79.9. The third kappa shape index (κ3) is 2.98. The first-order chi connectivity index (χ1) is 8.56. The van der Waals surface area contributed by atoms with Crippen LogP contribution < -0.4 is 0 Å². The van der Waals surface area contributed by atoms with Crippen molar-refractivity contribution in [3.63, 3.8) is 0 Å². The molecule has 0 aliphatic heterocycles. The minimum absolute atomic E-state index is 0.0473. The molecule has 0 aromatic carbocycles. The minimum Gasteiger partial charge on any atom is -0.292 e. The summed E-state index contributed by atoms with van der Waals surface area (Å²) in [5.41, 5.74) is 0.579. The summed E-state index contributed by atoms with van der Waals surface area (Å²) in [5.74, 6) is -0.262. The van der Waals surface area contributed by atoms with E-state index in [2.05, 4.69) is 26.0 Å². The van der Waals surface area contributed by atoms with E-state index >= 15 is 0 Å². The molecule has 2 heterocycles. The quantitative estimate of drug-likeness (QED) is 0.815. The fourth-order valence-electron chi connectivity index (χ4n) is 1.38. The van der Waals surface area contributed by atoms with Crippen molar-refractivity contribution in [2.75, 3.05) is 0 Å². The summed E-state index contributed by atoms with van der Waals surface area (Å²) in [6.07, 6.45) is 2.60. The van der Waals surface area contributed by atoms with Gasteiger partial charge in [0, 0.05) is 16.9 Å². The number of rotatable bonds is 4. The number of pyridine rings is 1. The highest BCUT2D eigenvalue weighted by Gasteiger charge is 2.12. The van der Waals surface area contributed by atoms with E-state index in [0.29, 0.717) is 10.4 Å². The van der Waals surface area contributed by atoms with Crippen LogP contribution in [0.4, 0.5) is 8.78 Å².